The zero-order valence-electron chi connectivity index (χ0n) is 16.2. The predicted molar refractivity (Wildman–Crippen MR) is 114 cm³/mol. The van der Waals surface area contributed by atoms with E-state index in [1.165, 1.54) is 27.7 Å². The van der Waals surface area contributed by atoms with Crippen molar-refractivity contribution in [2.75, 3.05) is 0 Å². The number of fused-ring (bicyclic) bond motifs is 2. The van der Waals surface area contributed by atoms with Crippen molar-refractivity contribution in [3.63, 3.8) is 0 Å². The van der Waals surface area contributed by atoms with Gasteiger partial charge in [0.15, 0.2) is 0 Å². The molecule has 0 amide bonds. The van der Waals surface area contributed by atoms with Crippen LogP contribution in [-0.2, 0) is 12.8 Å². The Morgan fingerprint density at radius 2 is 1.63 bits per heavy atom. The third-order valence-electron chi connectivity index (χ3n) is 5.48. The summed E-state index contributed by atoms with van der Waals surface area (Å²) in [5.41, 5.74) is 5.95. The second-order valence-corrected chi connectivity index (χ2v) is 7.38. The van der Waals surface area contributed by atoms with Gasteiger partial charge in [0, 0.05) is 22.2 Å². The monoisotopic (exact) mass is 354 g/mol. The number of rotatable bonds is 6. The molecule has 4 aromatic rings. The number of para-hydroxylation sites is 1. The summed E-state index contributed by atoms with van der Waals surface area (Å²) in [6.45, 7) is 4.47. The molecule has 2 heterocycles. The van der Waals surface area contributed by atoms with Gasteiger partial charge in [-0.1, -0.05) is 50.2 Å². The first-order chi connectivity index (χ1) is 13.2. The first-order valence-corrected chi connectivity index (χ1v) is 9.98. The highest BCUT2D eigenvalue weighted by Gasteiger charge is 2.07. The fourth-order valence-electron chi connectivity index (χ4n) is 3.66. The molecular weight excluding hydrogens is 328 g/mol. The Balaban J connectivity index is 1.53. The Bertz CT molecular complexity index is 1070. The predicted octanol–water partition coefficient (Wildman–Crippen LogP) is 6.47. The number of aromatic nitrogens is 2. The fourth-order valence-corrected chi connectivity index (χ4v) is 3.66. The molecule has 0 aliphatic carbocycles. The lowest BCUT2D eigenvalue weighted by Gasteiger charge is -2.10. The number of hydrogen-bond acceptors (Lipinski definition) is 2. The van der Waals surface area contributed by atoms with Gasteiger partial charge in [0.05, 0.1) is 11.0 Å². The van der Waals surface area contributed by atoms with E-state index in [4.69, 9.17) is 9.97 Å². The molecule has 0 bridgehead atoms. The van der Waals surface area contributed by atoms with Crippen molar-refractivity contribution in [1.82, 2.24) is 9.97 Å². The van der Waals surface area contributed by atoms with Crippen LogP contribution in [-0.4, -0.2) is 9.97 Å². The van der Waals surface area contributed by atoms with E-state index < -0.39 is 0 Å². The summed E-state index contributed by atoms with van der Waals surface area (Å²) < 4.78 is 0. The highest BCUT2D eigenvalue weighted by atomic mass is 14.7. The SMILES string of the molecule is CCC(C)c1cccc(CCCc2cccc3nc4ccccc4cc23)n1. The number of hydrogen-bond donors (Lipinski definition) is 0. The van der Waals surface area contributed by atoms with Crippen molar-refractivity contribution in [3.05, 3.63) is 83.7 Å². The van der Waals surface area contributed by atoms with Gasteiger partial charge >= 0.3 is 0 Å². The Morgan fingerprint density at radius 1 is 0.815 bits per heavy atom. The lowest BCUT2D eigenvalue weighted by atomic mass is 10.00. The summed E-state index contributed by atoms with van der Waals surface area (Å²) in [6.07, 6.45) is 4.30. The van der Waals surface area contributed by atoms with Gasteiger partial charge in [0.2, 0.25) is 0 Å². The molecule has 2 nitrogen and oxygen atoms in total. The molecule has 0 saturated carbocycles. The summed E-state index contributed by atoms with van der Waals surface area (Å²) in [4.78, 5) is 9.70. The summed E-state index contributed by atoms with van der Waals surface area (Å²) in [5.74, 6) is 0.530. The van der Waals surface area contributed by atoms with Crippen molar-refractivity contribution in [1.29, 1.82) is 0 Å². The maximum Gasteiger partial charge on any atom is 0.0712 e. The minimum Gasteiger partial charge on any atom is -0.258 e. The second-order valence-electron chi connectivity index (χ2n) is 7.38. The second kappa shape index (κ2) is 7.87. The normalized spacial score (nSPS) is 12.5. The van der Waals surface area contributed by atoms with Gasteiger partial charge in [-0.05, 0) is 67.5 Å². The fraction of sp³-hybridized carbons (Fsp3) is 0.280. The lowest BCUT2D eigenvalue weighted by molar-refractivity contribution is 0.695. The third kappa shape index (κ3) is 3.85. The van der Waals surface area contributed by atoms with Crippen LogP contribution in [0, 0.1) is 0 Å². The molecule has 4 rings (SSSR count). The molecule has 1 atom stereocenters. The number of aryl methyl sites for hydroxylation is 2. The number of pyridine rings is 2. The molecule has 0 radical (unpaired) electrons. The van der Waals surface area contributed by atoms with Crippen LogP contribution in [0.1, 0.15) is 49.6 Å². The molecule has 1 unspecified atom stereocenters. The van der Waals surface area contributed by atoms with E-state index in [1.807, 2.05) is 6.07 Å². The van der Waals surface area contributed by atoms with Crippen molar-refractivity contribution < 1.29 is 0 Å². The maximum absolute atomic E-state index is 4.87. The maximum atomic E-state index is 4.87. The first kappa shape index (κ1) is 17.7. The largest absolute Gasteiger partial charge is 0.258 e. The van der Waals surface area contributed by atoms with Crippen LogP contribution in [0.15, 0.2) is 66.7 Å². The Kier molecular flexibility index (Phi) is 5.15. The van der Waals surface area contributed by atoms with E-state index in [-0.39, 0.29) is 0 Å². The molecule has 27 heavy (non-hydrogen) atoms. The first-order valence-electron chi connectivity index (χ1n) is 9.98. The molecular formula is C25H26N2. The average Bonchev–Trinajstić information content (AvgIpc) is 2.72. The minimum atomic E-state index is 0.530. The molecule has 136 valence electrons. The van der Waals surface area contributed by atoms with Crippen LogP contribution in [0.25, 0.3) is 21.8 Å². The van der Waals surface area contributed by atoms with Crippen molar-refractivity contribution in [3.8, 4) is 0 Å². The topological polar surface area (TPSA) is 25.8 Å². The van der Waals surface area contributed by atoms with E-state index >= 15 is 0 Å². The Hall–Kier alpha value is -2.74. The van der Waals surface area contributed by atoms with Crippen LogP contribution in [0.2, 0.25) is 0 Å². The molecule has 0 spiro atoms. The number of benzene rings is 2. The summed E-state index contributed by atoms with van der Waals surface area (Å²) in [7, 11) is 0. The molecule has 2 aromatic carbocycles. The molecule has 2 heteroatoms. The van der Waals surface area contributed by atoms with Gasteiger partial charge in [0.1, 0.15) is 0 Å². The summed E-state index contributed by atoms with van der Waals surface area (Å²) >= 11 is 0. The molecule has 0 saturated heterocycles. The van der Waals surface area contributed by atoms with E-state index in [2.05, 4.69) is 74.5 Å². The Labute approximate surface area is 161 Å². The van der Waals surface area contributed by atoms with Crippen LogP contribution >= 0.6 is 0 Å². The molecule has 0 N–H and O–H groups in total. The van der Waals surface area contributed by atoms with E-state index in [0.717, 1.165) is 36.7 Å². The standard InChI is InChI=1S/C25H26N2/c1-3-18(2)23-15-8-13-21(26-23)12-6-10-19-11-7-16-25-22(19)17-20-9-4-5-14-24(20)27-25/h4-5,7-9,11,13-18H,3,6,10,12H2,1-2H3. The molecule has 0 aliphatic rings. The number of nitrogens with zero attached hydrogens (tertiary/aromatic N) is 2. The summed E-state index contributed by atoms with van der Waals surface area (Å²) in [5, 5.41) is 2.48. The van der Waals surface area contributed by atoms with E-state index in [1.54, 1.807) is 0 Å². The van der Waals surface area contributed by atoms with Gasteiger partial charge in [-0.3, -0.25) is 4.98 Å². The Morgan fingerprint density at radius 3 is 2.52 bits per heavy atom. The van der Waals surface area contributed by atoms with Crippen molar-refractivity contribution in [2.24, 2.45) is 0 Å². The van der Waals surface area contributed by atoms with Crippen LogP contribution < -0.4 is 0 Å². The quantitative estimate of drug-likeness (QED) is 0.371. The van der Waals surface area contributed by atoms with E-state index in [9.17, 15) is 0 Å². The highest BCUT2D eigenvalue weighted by molar-refractivity contribution is 5.94. The van der Waals surface area contributed by atoms with E-state index in [0.29, 0.717) is 5.92 Å². The van der Waals surface area contributed by atoms with Crippen LogP contribution in [0.3, 0.4) is 0 Å². The third-order valence-corrected chi connectivity index (χ3v) is 5.48. The van der Waals surface area contributed by atoms with Gasteiger partial charge in [-0.25, -0.2) is 4.98 Å². The van der Waals surface area contributed by atoms with Crippen LogP contribution in [0.5, 0.6) is 0 Å². The molecule has 0 fully saturated rings. The lowest BCUT2D eigenvalue weighted by Crippen LogP contribution is -2.00. The molecule has 2 aromatic heterocycles. The zero-order valence-corrected chi connectivity index (χ0v) is 16.2. The van der Waals surface area contributed by atoms with Crippen LogP contribution in [0.4, 0.5) is 0 Å². The summed E-state index contributed by atoms with van der Waals surface area (Å²) in [6, 6.07) is 23.6. The highest BCUT2D eigenvalue weighted by Crippen LogP contribution is 2.24. The van der Waals surface area contributed by atoms with Gasteiger partial charge < -0.3 is 0 Å². The van der Waals surface area contributed by atoms with Gasteiger partial charge in [-0.15, -0.1) is 0 Å². The minimum absolute atomic E-state index is 0.530. The van der Waals surface area contributed by atoms with Crippen molar-refractivity contribution >= 4 is 21.8 Å². The molecule has 0 aliphatic heterocycles. The average molecular weight is 354 g/mol. The smallest absolute Gasteiger partial charge is 0.0712 e. The van der Waals surface area contributed by atoms with Crippen molar-refractivity contribution in [2.45, 2.75) is 45.4 Å². The van der Waals surface area contributed by atoms with Gasteiger partial charge in [0.25, 0.3) is 0 Å². The van der Waals surface area contributed by atoms with Gasteiger partial charge in [-0.2, -0.15) is 0 Å². The zero-order chi connectivity index (χ0) is 18.6.